The van der Waals surface area contributed by atoms with Crippen molar-refractivity contribution in [1.82, 2.24) is 5.06 Å². The number of aryl methyl sites for hydroxylation is 1. The van der Waals surface area contributed by atoms with Gasteiger partial charge >= 0.3 is 0 Å². The lowest BCUT2D eigenvalue weighted by molar-refractivity contribution is 0.0180. The second kappa shape index (κ2) is 3.44. The summed E-state index contributed by atoms with van der Waals surface area (Å²) in [7, 11) is 0. The van der Waals surface area contributed by atoms with E-state index in [1.54, 1.807) is 5.88 Å². The zero-order valence-electron chi connectivity index (χ0n) is 7.27. The minimum absolute atomic E-state index is 0.838. The molecule has 0 amide bonds. The van der Waals surface area contributed by atoms with Crippen molar-refractivity contribution >= 4 is 17.5 Å². The molecule has 0 atom stereocenters. The van der Waals surface area contributed by atoms with Gasteiger partial charge in [-0.25, -0.2) is 5.06 Å². The molecule has 0 spiro atoms. The monoisotopic (exact) mass is 192 g/mol. The number of hydrogen-bond acceptors (Lipinski definition) is 3. The molecule has 1 aliphatic heterocycles. The van der Waals surface area contributed by atoms with E-state index in [-0.39, 0.29) is 0 Å². The smallest absolute Gasteiger partial charge is 0.138 e. The summed E-state index contributed by atoms with van der Waals surface area (Å²) in [5.74, 6) is 1.66. The first-order valence-corrected chi connectivity index (χ1v) is 4.96. The number of thioether (sulfide) groups is 1. The lowest BCUT2D eigenvalue weighted by Gasteiger charge is -2.12. The molecule has 1 aromatic carbocycles. The average Bonchev–Trinajstić information content (AvgIpc) is 2.53. The van der Waals surface area contributed by atoms with Gasteiger partial charge in [-0.2, -0.15) is 0 Å². The van der Waals surface area contributed by atoms with Gasteiger partial charge in [-0.3, -0.25) is 5.21 Å². The third kappa shape index (κ3) is 1.71. The molecule has 0 bridgehead atoms. The van der Waals surface area contributed by atoms with Crippen LogP contribution in [0.4, 0.5) is 0 Å². The zero-order valence-corrected chi connectivity index (χ0v) is 8.08. The highest BCUT2D eigenvalue weighted by Crippen LogP contribution is 2.32. The lowest BCUT2D eigenvalue weighted by Crippen LogP contribution is -2.07. The van der Waals surface area contributed by atoms with Crippen LogP contribution in [0.1, 0.15) is 11.1 Å². The molecular formula is C10H10NOS. The van der Waals surface area contributed by atoms with Crippen LogP contribution in [-0.4, -0.2) is 10.3 Å². The van der Waals surface area contributed by atoms with E-state index >= 15 is 0 Å². The van der Waals surface area contributed by atoms with E-state index in [2.05, 4.69) is 0 Å². The number of hydrogen-bond donors (Lipinski definition) is 1. The van der Waals surface area contributed by atoms with Crippen molar-refractivity contribution in [2.24, 2.45) is 0 Å². The predicted molar refractivity (Wildman–Crippen MR) is 54.7 cm³/mol. The van der Waals surface area contributed by atoms with Gasteiger partial charge in [0.1, 0.15) is 5.88 Å². The van der Waals surface area contributed by atoms with Crippen molar-refractivity contribution in [2.45, 2.75) is 6.92 Å². The number of benzene rings is 1. The van der Waals surface area contributed by atoms with E-state index in [0.29, 0.717) is 0 Å². The molecule has 67 valence electrons. The molecule has 0 aliphatic carbocycles. The van der Waals surface area contributed by atoms with Crippen molar-refractivity contribution in [2.75, 3.05) is 0 Å². The third-order valence-corrected chi connectivity index (χ3v) is 2.62. The van der Waals surface area contributed by atoms with E-state index in [1.165, 1.54) is 17.3 Å². The van der Waals surface area contributed by atoms with Crippen LogP contribution >= 0.6 is 11.8 Å². The minimum atomic E-state index is 0.838. The normalized spacial score (nSPS) is 16.2. The SMILES string of the molecule is Cc1ccc(C2=CS[CH]N2O)cc1. The van der Waals surface area contributed by atoms with Crippen LogP contribution in [0.5, 0.6) is 0 Å². The molecule has 2 nitrogen and oxygen atoms in total. The second-order valence-corrected chi connectivity index (χ2v) is 3.67. The fourth-order valence-corrected chi connectivity index (χ4v) is 1.85. The highest BCUT2D eigenvalue weighted by Gasteiger charge is 2.14. The molecule has 0 fully saturated rings. The first-order valence-electron chi connectivity index (χ1n) is 4.01. The highest BCUT2D eigenvalue weighted by molar-refractivity contribution is 8.04. The van der Waals surface area contributed by atoms with Gasteiger partial charge in [0.05, 0.1) is 5.70 Å². The van der Waals surface area contributed by atoms with Crippen molar-refractivity contribution in [1.29, 1.82) is 0 Å². The van der Waals surface area contributed by atoms with Gasteiger partial charge < -0.3 is 0 Å². The zero-order chi connectivity index (χ0) is 9.26. The standard InChI is InChI=1S/C10H10NOS/c1-8-2-4-9(5-3-8)10-6-13-7-11(10)12/h2-7,12H,1H3. The second-order valence-electron chi connectivity index (χ2n) is 2.96. The molecule has 3 heteroatoms. The summed E-state index contributed by atoms with van der Waals surface area (Å²) < 4.78 is 0. The largest absolute Gasteiger partial charge is 0.287 e. The van der Waals surface area contributed by atoms with Gasteiger partial charge in [0.2, 0.25) is 0 Å². The van der Waals surface area contributed by atoms with Crippen molar-refractivity contribution in [3.63, 3.8) is 0 Å². The molecule has 0 unspecified atom stereocenters. The third-order valence-electron chi connectivity index (χ3n) is 1.93. The number of rotatable bonds is 1. The van der Waals surface area contributed by atoms with E-state index in [4.69, 9.17) is 0 Å². The molecule has 1 radical (unpaired) electrons. The predicted octanol–water partition coefficient (Wildman–Crippen LogP) is 2.85. The van der Waals surface area contributed by atoms with Gasteiger partial charge in [-0.15, -0.1) is 11.8 Å². The molecule has 1 aromatic rings. The van der Waals surface area contributed by atoms with Crippen molar-refractivity contribution in [3.8, 4) is 0 Å². The highest BCUT2D eigenvalue weighted by atomic mass is 32.2. The maximum atomic E-state index is 9.40. The first-order chi connectivity index (χ1) is 6.27. The summed E-state index contributed by atoms with van der Waals surface area (Å²) in [6.45, 7) is 2.05. The minimum Gasteiger partial charge on any atom is -0.287 e. The van der Waals surface area contributed by atoms with Crippen LogP contribution in [-0.2, 0) is 0 Å². The van der Waals surface area contributed by atoms with Gasteiger partial charge in [-0.1, -0.05) is 29.8 Å². The summed E-state index contributed by atoms with van der Waals surface area (Å²) in [5, 5.41) is 12.5. The Kier molecular flexibility index (Phi) is 2.29. The Morgan fingerprint density at radius 2 is 1.92 bits per heavy atom. The molecule has 1 aliphatic rings. The number of hydroxylamine groups is 2. The van der Waals surface area contributed by atoms with Gasteiger partial charge in [-0.05, 0) is 12.3 Å². The topological polar surface area (TPSA) is 23.5 Å². The van der Waals surface area contributed by atoms with Crippen LogP contribution in [0, 0.1) is 12.8 Å². The molecule has 2 rings (SSSR count). The van der Waals surface area contributed by atoms with Crippen molar-refractivity contribution < 1.29 is 5.21 Å². The van der Waals surface area contributed by atoms with Crippen molar-refractivity contribution in [3.05, 3.63) is 46.7 Å². The molecule has 1 N–H and O–H groups in total. The lowest BCUT2D eigenvalue weighted by atomic mass is 10.1. The maximum absolute atomic E-state index is 9.40. The van der Waals surface area contributed by atoms with Crippen LogP contribution < -0.4 is 0 Å². The van der Waals surface area contributed by atoms with Gasteiger partial charge in [0, 0.05) is 5.56 Å². The molecule has 13 heavy (non-hydrogen) atoms. The summed E-state index contributed by atoms with van der Waals surface area (Å²) >= 11 is 1.48. The molecule has 1 heterocycles. The fraction of sp³-hybridized carbons (Fsp3) is 0.100. The Balaban J connectivity index is 2.30. The van der Waals surface area contributed by atoms with Crippen LogP contribution in [0.15, 0.2) is 29.7 Å². The molecular weight excluding hydrogens is 182 g/mol. The van der Waals surface area contributed by atoms with Crippen LogP contribution in [0.2, 0.25) is 0 Å². The maximum Gasteiger partial charge on any atom is 0.138 e. The first kappa shape index (κ1) is 8.66. The summed E-state index contributed by atoms with van der Waals surface area (Å²) in [4.78, 5) is 0. The quantitative estimate of drug-likeness (QED) is 0.740. The Morgan fingerprint density at radius 1 is 1.23 bits per heavy atom. The van der Waals surface area contributed by atoms with Crippen LogP contribution in [0.25, 0.3) is 5.70 Å². The molecule has 0 saturated heterocycles. The number of nitrogens with zero attached hydrogens (tertiary/aromatic N) is 1. The summed E-state index contributed by atoms with van der Waals surface area (Å²) in [6, 6.07) is 8.08. The summed E-state index contributed by atoms with van der Waals surface area (Å²) in [5.41, 5.74) is 3.10. The van der Waals surface area contributed by atoms with E-state index < -0.39 is 0 Å². The Morgan fingerprint density at radius 3 is 2.46 bits per heavy atom. The van der Waals surface area contributed by atoms with Crippen LogP contribution in [0.3, 0.4) is 0 Å². The molecule has 0 aromatic heterocycles. The van der Waals surface area contributed by atoms with E-state index in [0.717, 1.165) is 16.3 Å². The van der Waals surface area contributed by atoms with E-state index in [1.807, 2.05) is 36.6 Å². The fourth-order valence-electron chi connectivity index (χ4n) is 1.19. The van der Waals surface area contributed by atoms with Gasteiger partial charge in [0.25, 0.3) is 0 Å². The summed E-state index contributed by atoms with van der Waals surface area (Å²) in [6.07, 6.45) is 0. The average molecular weight is 192 g/mol. The Bertz CT molecular complexity index is 331. The van der Waals surface area contributed by atoms with Gasteiger partial charge in [0.15, 0.2) is 0 Å². The Hall–Kier alpha value is -0.930. The van der Waals surface area contributed by atoms with E-state index in [9.17, 15) is 5.21 Å². The Labute approximate surface area is 81.8 Å². The molecule has 0 saturated carbocycles.